The molecule has 1 amide bonds. The second kappa shape index (κ2) is 5.67. The van der Waals surface area contributed by atoms with Crippen LogP contribution in [-0.4, -0.2) is 17.6 Å². The number of amides is 1. The largest absolute Gasteiger partial charge is 0.459 e. The summed E-state index contributed by atoms with van der Waals surface area (Å²) in [5.41, 5.74) is 0.858. The highest BCUT2D eigenvalue weighted by atomic mass is 19.1. The first-order valence-electron chi connectivity index (χ1n) is 5.84. The van der Waals surface area contributed by atoms with E-state index in [0.29, 0.717) is 5.56 Å². The third-order valence-corrected chi connectivity index (χ3v) is 2.79. The van der Waals surface area contributed by atoms with E-state index in [1.807, 2.05) is 0 Å². The number of hydrogen-bond acceptors (Lipinski definition) is 3. The van der Waals surface area contributed by atoms with Crippen LogP contribution in [0.5, 0.6) is 0 Å². The minimum atomic E-state index is -1.10. The van der Waals surface area contributed by atoms with Crippen molar-refractivity contribution in [2.75, 3.05) is 6.54 Å². The minimum absolute atomic E-state index is 0.0834. The summed E-state index contributed by atoms with van der Waals surface area (Å²) < 4.78 is 18.4. The van der Waals surface area contributed by atoms with Gasteiger partial charge in [0, 0.05) is 17.7 Å². The number of nitrogens with one attached hydrogen (secondary N) is 1. The Morgan fingerprint density at radius 3 is 2.79 bits per heavy atom. The van der Waals surface area contributed by atoms with Gasteiger partial charge in [0.2, 0.25) is 0 Å². The molecular weight excluding hydrogens is 249 g/mol. The smallest absolute Gasteiger partial charge is 0.287 e. The Balaban J connectivity index is 1.98. The van der Waals surface area contributed by atoms with E-state index in [2.05, 4.69) is 5.32 Å². The van der Waals surface area contributed by atoms with Crippen LogP contribution in [-0.2, 0) is 0 Å². The summed E-state index contributed by atoms with van der Waals surface area (Å²) in [5.74, 6) is -0.739. The van der Waals surface area contributed by atoms with Gasteiger partial charge in [0.25, 0.3) is 5.91 Å². The average molecular weight is 263 g/mol. The van der Waals surface area contributed by atoms with Gasteiger partial charge in [0.15, 0.2) is 5.76 Å². The predicted octanol–water partition coefficient (Wildman–Crippen LogP) is 2.19. The fourth-order valence-corrected chi connectivity index (χ4v) is 1.73. The molecule has 2 N–H and O–H groups in total. The van der Waals surface area contributed by atoms with Gasteiger partial charge in [-0.25, -0.2) is 4.39 Å². The first kappa shape index (κ1) is 13.3. The molecule has 0 spiro atoms. The van der Waals surface area contributed by atoms with Crippen molar-refractivity contribution in [3.63, 3.8) is 0 Å². The van der Waals surface area contributed by atoms with E-state index in [4.69, 9.17) is 4.42 Å². The molecule has 19 heavy (non-hydrogen) atoms. The van der Waals surface area contributed by atoms with Gasteiger partial charge in [-0.1, -0.05) is 18.2 Å². The summed E-state index contributed by atoms with van der Waals surface area (Å²) in [6, 6.07) is 7.57. The predicted molar refractivity (Wildman–Crippen MR) is 67.1 cm³/mol. The van der Waals surface area contributed by atoms with Gasteiger partial charge >= 0.3 is 0 Å². The summed E-state index contributed by atoms with van der Waals surface area (Å²) in [4.78, 5) is 11.7. The number of aliphatic hydroxyl groups is 1. The molecule has 1 aromatic heterocycles. The lowest BCUT2D eigenvalue weighted by molar-refractivity contribution is 0.0886. The number of carbonyl (C=O) groups excluding carboxylic acids is 1. The van der Waals surface area contributed by atoms with Crippen molar-refractivity contribution in [2.24, 2.45) is 0 Å². The molecule has 1 heterocycles. The Morgan fingerprint density at radius 2 is 2.16 bits per heavy atom. The molecule has 0 aliphatic rings. The number of carbonyl (C=O) groups is 1. The quantitative estimate of drug-likeness (QED) is 0.888. The van der Waals surface area contributed by atoms with Gasteiger partial charge in [-0.05, 0) is 19.1 Å². The topological polar surface area (TPSA) is 62.5 Å². The van der Waals surface area contributed by atoms with E-state index >= 15 is 0 Å². The van der Waals surface area contributed by atoms with Crippen molar-refractivity contribution in [1.29, 1.82) is 0 Å². The SMILES string of the molecule is Cc1ccoc1C(=O)NCC(O)c1ccccc1F. The maximum absolute atomic E-state index is 13.4. The van der Waals surface area contributed by atoms with Gasteiger partial charge in [-0.2, -0.15) is 0 Å². The number of hydrogen-bond donors (Lipinski definition) is 2. The fraction of sp³-hybridized carbons (Fsp3) is 0.214. The van der Waals surface area contributed by atoms with Crippen molar-refractivity contribution >= 4 is 5.91 Å². The number of aryl methyl sites for hydroxylation is 1. The molecule has 0 aliphatic carbocycles. The zero-order chi connectivity index (χ0) is 13.8. The summed E-state index contributed by atoms with van der Waals surface area (Å²) in [6.45, 7) is 1.66. The molecule has 2 rings (SSSR count). The van der Waals surface area contributed by atoms with E-state index in [9.17, 15) is 14.3 Å². The van der Waals surface area contributed by atoms with E-state index in [1.54, 1.807) is 19.1 Å². The second-order valence-electron chi connectivity index (χ2n) is 4.18. The van der Waals surface area contributed by atoms with Crippen molar-refractivity contribution < 1.29 is 18.7 Å². The summed E-state index contributed by atoms with van der Waals surface area (Å²) in [5, 5.41) is 12.3. The standard InChI is InChI=1S/C14H14FNO3/c1-9-6-7-19-13(9)14(18)16-8-12(17)10-4-2-3-5-11(10)15/h2-7,12,17H,8H2,1H3,(H,16,18). The van der Waals surface area contributed by atoms with Crippen LogP contribution in [0.4, 0.5) is 4.39 Å². The van der Waals surface area contributed by atoms with Crippen LogP contribution in [0.2, 0.25) is 0 Å². The maximum Gasteiger partial charge on any atom is 0.287 e. The van der Waals surface area contributed by atoms with Crippen LogP contribution in [0.15, 0.2) is 41.0 Å². The van der Waals surface area contributed by atoms with Crippen molar-refractivity contribution in [3.8, 4) is 0 Å². The van der Waals surface area contributed by atoms with E-state index in [-0.39, 0.29) is 17.9 Å². The maximum atomic E-state index is 13.4. The third-order valence-electron chi connectivity index (χ3n) is 2.79. The molecule has 0 bridgehead atoms. The molecule has 0 radical (unpaired) electrons. The average Bonchev–Trinajstić information content (AvgIpc) is 2.82. The lowest BCUT2D eigenvalue weighted by atomic mass is 10.1. The number of rotatable bonds is 4. The summed E-state index contributed by atoms with van der Waals surface area (Å²) in [7, 11) is 0. The molecule has 0 saturated carbocycles. The highest BCUT2D eigenvalue weighted by Gasteiger charge is 2.16. The molecule has 0 fully saturated rings. The molecular formula is C14H14FNO3. The van der Waals surface area contributed by atoms with Crippen LogP contribution >= 0.6 is 0 Å². The van der Waals surface area contributed by atoms with Crippen molar-refractivity contribution in [3.05, 3.63) is 59.3 Å². The van der Waals surface area contributed by atoms with E-state index < -0.39 is 17.8 Å². The lowest BCUT2D eigenvalue weighted by Crippen LogP contribution is -2.28. The molecule has 1 atom stereocenters. The summed E-state index contributed by atoms with van der Waals surface area (Å²) in [6.07, 6.45) is 0.317. The number of furan rings is 1. The van der Waals surface area contributed by atoms with Gasteiger partial charge in [-0.15, -0.1) is 0 Å². The Bertz CT molecular complexity index is 580. The van der Waals surface area contributed by atoms with E-state index in [0.717, 1.165) is 0 Å². The van der Waals surface area contributed by atoms with Crippen molar-refractivity contribution in [1.82, 2.24) is 5.32 Å². The van der Waals surface area contributed by atoms with Crippen LogP contribution in [0.1, 0.15) is 27.8 Å². The van der Waals surface area contributed by atoms with Crippen LogP contribution in [0.3, 0.4) is 0 Å². The molecule has 1 aromatic carbocycles. The molecule has 2 aromatic rings. The zero-order valence-electron chi connectivity index (χ0n) is 10.4. The minimum Gasteiger partial charge on any atom is -0.459 e. The first-order chi connectivity index (χ1) is 9.09. The zero-order valence-corrected chi connectivity index (χ0v) is 10.4. The Labute approximate surface area is 109 Å². The highest BCUT2D eigenvalue weighted by molar-refractivity contribution is 5.92. The number of aliphatic hydroxyl groups excluding tert-OH is 1. The van der Waals surface area contributed by atoms with Gasteiger partial charge < -0.3 is 14.8 Å². The summed E-state index contributed by atoms with van der Waals surface area (Å²) >= 11 is 0. The number of benzene rings is 1. The molecule has 1 unspecified atom stereocenters. The Kier molecular flexibility index (Phi) is 3.97. The van der Waals surface area contributed by atoms with Gasteiger partial charge in [0.05, 0.1) is 12.4 Å². The van der Waals surface area contributed by atoms with Gasteiger partial charge in [0.1, 0.15) is 5.82 Å². The molecule has 4 nitrogen and oxygen atoms in total. The second-order valence-corrected chi connectivity index (χ2v) is 4.18. The highest BCUT2D eigenvalue weighted by Crippen LogP contribution is 2.16. The lowest BCUT2D eigenvalue weighted by Gasteiger charge is -2.12. The molecule has 0 saturated heterocycles. The third kappa shape index (κ3) is 3.00. The van der Waals surface area contributed by atoms with Crippen LogP contribution in [0.25, 0.3) is 0 Å². The molecule has 100 valence electrons. The van der Waals surface area contributed by atoms with Crippen LogP contribution < -0.4 is 5.32 Å². The normalized spacial score (nSPS) is 12.2. The molecule has 0 aliphatic heterocycles. The van der Waals surface area contributed by atoms with E-state index in [1.165, 1.54) is 24.5 Å². The monoisotopic (exact) mass is 263 g/mol. The Morgan fingerprint density at radius 1 is 1.42 bits per heavy atom. The Hall–Kier alpha value is -2.14. The number of halogens is 1. The fourth-order valence-electron chi connectivity index (χ4n) is 1.73. The van der Waals surface area contributed by atoms with Crippen LogP contribution in [0, 0.1) is 12.7 Å². The molecule has 5 heteroatoms. The van der Waals surface area contributed by atoms with Crippen molar-refractivity contribution in [2.45, 2.75) is 13.0 Å². The van der Waals surface area contributed by atoms with Gasteiger partial charge in [-0.3, -0.25) is 4.79 Å². The first-order valence-corrected chi connectivity index (χ1v) is 5.84.